The largest absolute Gasteiger partial charge is 0.376 e. The van der Waals surface area contributed by atoms with Gasteiger partial charge in [-0.15, -0.1) is 0 Å². The monoisotopic (exact) mass is 248 g/mol. The van der Waals surface area contributed by atoms with E-state index < -0.39 is 0 Å². The highest BCUT2D eigenvalue weighted by molar-refractivity contribution is 5.47. The number of aryl methyl sites for hydroxylation is 1. The van der Waals surface area contributed by atoms with Crippen molar-refractivity contribution in [2.24, 2.45) is 0 Å². The summed E-state index contributed by atoms with van der Waals surface area (Å²) in [5.74, 6) is 0. The van der Waals surface area contributed by atoms with Crippen LogP contribution in [0.25, 0.3) is 0 Å². The minimum Gasteiger partial charge on any atom is -0.376 e. The maximum Gasteiger partial charge on any atom is 0.0645 e. The quantitative estimate of drug-likeness (QED) is 0.864. The van der Waals surface area contributed by atoms with E-state index in [4.69, 9.17) is 4.74 Å². The molecule has 0 saturated carbocycles. The second-order valence-corrected chi connectivity index (χ2v) is 5.08. The molecule has 0 aromatic heterocycles. The molecule has 1 heterocycles. The van der Waals surface area contributed by atoms with Gasteiger partial charge in [0.15, 0.2) is 0 Å². The van der Waals surface area contributed by atoms with E-state index in [9.17, 15) is 0 Å². The van der Waals surface area contributed by atoms with Gasteiger partial charge in [0, 0.05) is 19.3 Å². The SMILES string of the molecule is Cc1cccc(N(C)CCOC2CCNCC2)c1. The van der Waals surface area contributed by atoms with E-state index in [-0.39, 0.29) is 0 Å². The van der Waals surface area contributed by atoms with Gasteiger partial charge in [-0.1, -0.05) is 12.1 Å². The van der Waals surface area contributed by atoms with E-state index in [0.717, 1.165) is 39.1 Å². The first-order valence-corrected chi connectivity index (χ1v) is 6.86. The van der Waals surface area contributed by atoms with Crippen LogP contribution in [-0.4, -0.2) is 39.4 Å². The smallest absolute Gasteiger partial charge is 0.0645 e. The van der Waals surface area contributed by atoms with Crippen LogP contribution in [0.2, 0.25) is 0 Å². The lowest BCUT2D eigenvalue weighted by atomic mass is 10.1. The third kappa shape index (κ3) is 4.00. The highest BCUT2D eigenvalue weighted by Crippen LogP contribution is 2.14. The predicted molar refractivity (Wildman–Crippen MR) is 76.3 cm³/mol. The van der Waals surface area contributed by atoms with E-state index in [1.54, 1.807) is 0 Å². The van der Waals surface area contributed by atoms with Crippen molar-refractivity contribution in [2.75, 3.05) is 38.2 Å². The average Bonchev–Trinajstić information content (AvgIpc) is 2.40. The van der Waals surface area contributed by atoms with Crippen molar-refractivity contribution >= 4 is 5.69 Å². The fraction of sp³-hybridized carbons (Fsp3) is 0.600. The van der Waals surface area contributed by atoms with Gasteiger partial charge in [0.2, 0.25) is 0 Å². The summed E-state index contributed by atoms with van der Waals surface area (Å²) >= 11 is 0. The molecule has 0 bridgehead atoms. The Hall–Kier alpha value is -1.06. The molecule has 1 fully saturated rings. The number of ether oxygens (including phenoxy) is 1. The minimum atomic E-state index is 0.456. The Balaban J connectivity index is 1.72. The molecule has 0 spiro atoms. The first kappa shape index (κ1) is 13.4. The molecule has 0 amide bonds. The number of anilines is 1. The first-order valence-electron chi connectivity index (χ1n) is 6.86. The highest BCUT2D eigenvalue weighted by Gasteiger charge is 2.13. The molecule has 100 valence electrons. The minimum absolute atomic E-state index is 0.456. The lowest BCUT2D eigenvalue weighted by Gasteiger charge is -2.25. The number of nitrogens with zero attached hydrogens (tertiary/aromatic N) is 1. The van der Waals surface area contributed by atoms with Gasteiger partial charge >= 0.3 is 0 Å². The van der Waals surface area contributed by atoms with Crippen molar-refractivity contribution in [3.05, 3.63) is 29.8 Å². The molecule has 1 aliphatic heterocycles. The summed E-state index contributed by atoms with van der Waals surface area (Å²) in [4.78, 5) is 2.26. The summed E-state index contributed by atoms with van der Waals surface area (Å²) in [6, 6.07) is 8.60. The molecular formula is C15H24N2O. The molecule has 0 unspecified atom stereocenters. The third-order valence-electron chi connectivity index (χ3n) is 3.51. The van der Waals surface area contributed by atoms with Gasteiger partial charge in [0.1, 0.15) is 0 Å². The maximum atomic E-state index is 5.92. The van der Waals surface area contributed by atoms with Crippen molar-refractivity contribution in [2.45, 2.75) is 25.9 Å². The van der Waals surface area contributed by atoms with E-state index in [1.165, 1.54) is 11.3 Å². The lowest BCUT2D eigenvalue weighted by molar-refractivity contribution is 0.0376. The number of rotatable bonds is 5. The Bertz CT molecular complexity index is 361. The molecule has 3 heteroatoms. The van der Waals surface area contributed by atoms with Crippen LogP contribution in [0.5, 0.6) is 0 Å². The van der Waals surface area contributed by atoms with Gasteiger partial charge in [0.25, 0.3) is 0 Å². The highest BCUT2D eigenvalue weighted by atomic mass is 16.5. The van der Waals surface area contributed by atoms with E-state index in [1.807, 2.05) is 0 Å². The molecule has 1 N–H and O–H groups in total. The maximum absolute atomic E-state index is 5.92. The molecule has 1 aromatic rings. The summed E-state index contributed by atoms with van der Waals surface area (Å²) in [6.45, 7) is 6.09. The fourth-order valence-electron chi connectivity index (χ4n) is 2.31. The molecule has 0 atom stereocenters. The fourth-order valence-corrected chi connectivity index (χ4v) is 2.31. The third-order valence-corrected chi connectivity index (χ3v) is 3.51. The van der Waals surface area contributed by atoms with Gasteiger partial charge in [0.05, 0.1) is 12.7 Å². The van der Waals surface area contributed by atoms with Crippen molar-refractivity contribution in [1.82, 2.24) is 5.32 Å². The van der Waals surface area contributed by atoms with Crippen molar-refractivity contribution < 1.29 is 4.74 Å². The zero-order valence-corrected chi connectivity index (χ0v) is 11.5. The van der Waals surface area contributed by atoms with Gasteiger partial charge in [-0.05, 0) is 50.6 Å². The second kappa shape index (κ2) is 6.76. The van der Waals surface area contributed by atoms with Crippen molar-refractivity contribution in [3.8, 4) is 0 Å². The van der Waals surface area contributed by atoms with Crippen LogP contribution in [0.1, 0.15) is 18.4 Å². The standard InChI is InChI=1S/C15H24N2O/c1-13-4-3-5-14(12-13)17(2)10-11-18-15-6-8-16-9-7-15/h3-5,12,15-16H,6-11H2,1-2H3. The number of piperidine rings is 1. The Morgan fingerprint density at radius 1 is 1.33 bits per heavy atom. The van der Waals surface area contributed by atoms with E-state index in [2.05, 4.69) is 48.5 Å². The molecule has 0 aliphatic carbocycles. The van der Waals surface area contributed by atoms with Crippen LogP contribution in [0.4, 0.5) is 5.69 Å². The van der Waals surface area contributed by atoms with Crippen LogP contribution < -0.4 is 10.2 Å². The Morgan fingerprint density at radius 2 is 2.11 bits per heavy atom. The molecule has 1 aromatic carbocycles. The Morgan fingerprint density at radius 3 is 2.83 bits per heavy atom. The normalized spacial score (nSPS) is 16.8. The molecule has 3 nitrogen and oxygen atoms in total. The van der Waals surface area contributed by atoms with Gasteiger partial charge in [-0.25, -0.2) is 0 Å². The van der Waals surface area contributed by atoms with Crippen molar-refractivity contribution in [3.63, 3.8) is 0 Å². The average molecular weight is 248 g/mol. The van der Waals surface area contributed by atoms with Crippen LogP contribution in [-0.2, 0) is 4.74 Å². The topological polar surface area (TPSA) is 24.5 Å². The lowest BCUT2D eigenvalue weighted by Crippen LogP contribution is -2.34. The molecule has 2 rings (SSSR count). The molecule has 18 heavy (non-hydrogen) atoms. The zero-order valence-electron chi connectivity index (χ0n) is 11.5. The van der Waals surface area contributed by atoms with Gasteiger partial charge in [-0.3, -0.25) is 0 Å². The summed E-state index contributed by atoms with van der Waals surface area (Å²) in [5.41, 5.74) is 2.57. The number of hydrogen-bond acceptors (Lipinski definition) is 3. The molecule has 1 saturated heterocycles. The Labute approximate surface area is 110 Å². The van der Waals surface area contributed by atoms with Crippen LogP contribution >= 0.6 is 0 Å². The number of hydrogen-bond donors (Lipinski definition) is 1. The van der Waals surface area contributed by atoms with Crippen LogP contribution in [0.3, 0.4) is 0 Å². The van der Waals surface area contributed by atoms with Crippen molar-refractivity contribution in [1.29, 1.82) is 0 Å². The van der Waals surface area contributed by atoms with Crippen LogP contribution in [0.15, 0.2) is 24.3 Å². The molecular weight excluding hydrogens is 224 g/mol. The number of benzene rings is 1. The van der Waals surface area contributed by atoms with E-state index in [0.29, 0.717) is 6.10 Å². The van der Waals surface area contributed by atoms with E-state index >= 15 is 0 Å². The van der Waals surface area contributed by atoms with Crippen LogP contribution in [0, 0.1) is 6.92 Å². The number of likely N-dealkylation sites (N-methyl/N-ethyl adjacent to an activating group) is 1. The number of nitrogens with one attached hydrogen (secondary N) is 1. The first-order chi connectivity index (χ1) is 8.75. The predicted octanol–water partition coefficient (Wildman–Crippen LogP) is 2.20. The Kier molecular flexibility index (Phi) is 5.02. The van der Waals surface area contributed by atoms with Gasteiger partial charge in [-0.2, -0.15) is 0 Å². The molecule has 0 radical (unpaired) electrons. The van der Waals surface area contributed by atoms with Gasteiger partial charge < -0.3 is 15.0 Å². The summed E-state index contributed by atoms with van der Waals surface area (Å²) in [5, 5.41) is 3.36. The zero-order chi connectivity index (χ0) is 12.8. The second-order valence-electron chi connectivity index (χ2n) is 5.08. The summed E-state index contributed by atoms with van der Waals surface area (Å²) in [6.07, 6.45) is 2.75. The summed E-state index contributed by atoms with van der Waals surface area (Å²) < 4.78 is 5.92. The molecule has 1 aliphatic rings. The summed E-state index contributed by atoms with van der Waals surface area (Å²) in [7, 11) is 2.13.